The van der Waals surface area contributed by atoms with Crippen LogP contribution in [0.1, 0.15) is 6.92 Å². The van der Waals surface area contributed by atoms with Gasteiger partial charge in [0.05, 0.1) is 6.07 Å². The molecule has 0 radical (unpaired) electrons. The molecule has 0 amide bonds. The maximum absolute atomic E-state index is 7.32. The van der Waals surface area contributed by atoms with Crippen LogP contribution in [-0.4, -0.2) is 6.26 Å². The molecule has 0 aromatic rings. The first-order valence-corrected chi connectivity index (χ1v) is 2.07. The molecule has 0 N–H and O–H groups in total. The SMILES string of the molecule is CC#N.CS. The van der Waals surface area contributed by atoms with E-state index < -0.39 is 0 Å². The van der Waals surface area contributed by atoms with Crippen LogP contribution in [-0.2, 0) is 0 Å². The number of nitriles is 1. The van der Waals surface area contributed by atoms with Crippen LogP contribution in [0.4, 0.5) is 0 Å². The van der Waals surface area contributed by atoms with Crippen molar-refractivity contribution in [2.75, 3.05) is 6.26 Å². The number of nitrogens with zero attached hydrogens (tertiary/aromatic N) is 1. The first-order chi connectivity index (χ1) is 2.41. The zero-order valence-corrected chi connectivity index (χ0v) is 4.29. The Morgan fingerprint density at radius 1 is 1.60 bits per heavy atom. The van der Waals surface area contributed by atoms with Gasteiger partial charge in [0.1, 0.15) is 0 Å². The van der Waals surface area contributed by atoms with Crippen LogP contribution in [0.3, 0.4) is 0 Å². The molecular weight excluding hydrogens is 82.1 g/mol. The van der Waals surface area contributed by atoms with Gasteiger partial charge in [-0.15, -0.1) is 0 Å². The normalized spacial score (nSPS) is 2.80. The Morgan fingerprint density at radius 3 is 1.60 bits per heavy atom. The van der Waals surface area contributed by atoms with Crippen LogP contribution in [0.25, 0.3) is 0 Å². The molecule has 0 aromatic carbocycles. The van der Waals surface area contributed by atoms with E-state index in [2.05, 4.69) is 12.6 Å². The van der Waals surface area contributed by atoms with Crippen LogP contribution >= 0.6 is 12.6 Å². The van der Waals surface area contributed by atoms with Crippen LogP contribution in [0.15, 0.2) is 0 Å². The predicted molar refractivity (Wildman–Crippen MR) is 26.2 cm³/mol. The third-order valence-electron chi connectivity index (χ3n) is 0. The second-order valence-electron chi connectivity index (χ2n) is 0.224. The van der Waals surface area contributed by atoms with E-state index >= 15 is 0 Å². The van der Waals surface area contributed by atoms with Gasteiger partial charge in [0.2, 0.25) is 0 Å². The van der Waals surface area contributed by atoms with Crippen molar-refractivity contribution in [3.63, 3.8) is 0 Å². The average molecular weight is 89.2 g/mol. The van der Waals surface area contributed by atoms with Gasteiger partial charge in [-0.25, -0.2) is 0 Å². The Labute approximate surface area is 38.0 Å². The van der Waals surface area contributed by atoms with E-state index in [1.807, 2.05) is 0 Å². The van der Waals surface area contributed by atoms with E-state index in [1.165, 1.54) is 6.92 Å². The maximum Gasteiger partial charge on any atom is 0.0587 e. The van der Waals surface area contributed by atoms with Gasteiger partial charge in [-0.2, -0.15) is 17.9 Å². The molecule has 0 aromatic heterocycles. The second-order valence-corrected chi connectivity index (χ2v) is 0.224. The molecule has 0 unspecified atom stereocenters. The molecule has 0 aliphatic heterocycles. The van der Waals surface area contributed by atoms with Gasteiger partial charge >= 0.3 is 0 Å². The monoisotopic (exact) mass is 89.0 g/mol. The molecule has 0 saturated heterocycles. The summed E-state index contributed by atoms with van der Waals surface area (Å²) in [6.45, 7) is 1.43. The Bertz CT molecular complexity index is 28.4. The molecule has 30 valence electrons. The third kappa shape index (κ3) is 508. The van der Waals surface area contributed by atoms with Gasteiger partial charge in [-0.3, -0.25) is 0 Å². The molecule has 5 heavy (non-hydrogen) atoms. The second kappa shape index (κ2) is 43.9. The minimum Gasteiger partial charge on any atom is -0.199 e. The van der Waals surface area contributed by atoms with E-state index in [0.717, 1.165) is 0 Å². The van der Waals surface area contributed by atoms with Crippen molar-refractivity contribution < 1.29 is 0 Å². The molecule has 0 fully saturated rings. The number of hydrogen-bond donors (Lipinski definition) is 1. The van der Waals surface area contributed by atoms with Crippen molar-refractivity contribution in [2.24, 2.45) is 0 Å². The lowest BCUT2D eigenvalue weighted by molar-refractivity contribution is 1.49. The highest BCUT2D eigenvalue weighted by molar-refractivity contribution is 7.79. The van der Waals surface area contributed by atoms with E-state index in [1.54, 1.807) is 12.3 Å². The van der Waals surface area contributed by atoms with Gasteiger partial charge < -0.3 is 0 Å². The Kier molecular flexibility index (Phi) is 77.7. The van der Waals surface area contributed by atoms with Crippen LogP contribution in [0.5, 0.6) is 0 Å². The highest BCUT2D eigenvalue weighted by Crippen LogP contribution is 1.31. The molecule has 2 heteroatoms. The highest BCUT2D eigenvalue weighted by Gasteiger charge is 1.17. The zero-order chi connectivity index (χ0) is 4.71. The summed E-state index contributed by atoms with van der Waals surface area (Å²) in [6, 6.07) is 1.75. The molecule has 0 saturated carbocycles. The van der Waals surface area contributed by atoms with Gasteiger partial charge in [0.25, 0.3) is 0 Å². The van der Waals surface area contributed by atoms with Crippen molar-refractivity contribution in [1.82, 2.24) is 0 Å². The van der Waals surface area contributed by atoms with E-state index in [4.69, 9.17) is 5.26 Å². The molecule has 0 aliphatic rings. The minimum atomic E-state index is 1.43. The van der Waals surface area contributed by atoms with Gasteiger partial charge in [0.15, 0.2) is 0 Å². The predicted octanol–water partition coefficient (Wildman–Crippen LogP) is 1.08. The highest BCUT2D eigenvalue weighted by atomic mass is 32.1. The summed E-state index contributed by atoms with van der Waals surface area (Å²) in [4.78, 5) is 0. The van der Waals surface area contributed by atoms with Crippen LogP contribution < -0.4 is 0 Å². The van der Waals surface area contributed by atoms with E-state index in [9.17, 15) is 0 Å². The van der Waals surface area contributed by atoms with Crippen LogP contribution in [0, 0.1) is 11.3 Å². The third-order valence-corrected chi connectivity index (χ3v) is 0. The van der Waals surface area contributed by atoms with Gasteiger partial charge in [-0.05, 0) is 6.26 Å². The molecule has 0 aliphatic carbocycles. The molecule has 0 heterocycles. The molecular formula is C3H7NS. The summed E-state index contributed by atoms with van der Waals surface area (Å²) in [5.41, 5.74) is 0. The number of thiol groups is 1. The number of rotatable bonds is 0. The summed E-state index contributed by atoms with van der Waals surface area (Å²) in [5.74, 6) is 0. The van der Waals surface area contributed by atoms with Crippen molar-refractivity contribution >= 4 is 12.6 Å². The lowest BCUT2D eigenvalue weighted by atomic mass is 11.0. The number of hydrogen-bond acceptors (Lipinski definition) is 2. The Hall–Kier alpha value is -0.160. The van der Waals surface area contributed by atoms with Gasteiger partial charge in [0, 0.05) is 6.92 Å². The molecule has 0 spiro atoms. The lowest BCUT2D eigenvalue weighted by Gasteiger charge is -1.15. The fourth-order valence-corrected chi connectivity index (χ4v) is 0. The summed E-state index contributed by atoms with van der Waals surface area (Å²) < 4.78 is 0. The summed E-state index contributed by atoms with van der Waals surface area (Å²) in [6.07, 6.45) is 1.69. The van der Waals surface area contributed by atoms with Crippen molar-refractivity contribution in [1.29, 1.82) is 5.26 Å². The maximum atomic E-state index is 7.32. The van der Waals surface area contributed by atoms with Crippen molar-refractivity contribution in [3.05, 3.63) is 0 Å². The van der Waals surface area contributed by atoms with Gasteiger partial charge in [-0.1, -0.05) is 0 Å². The fraction of sp³-hybridized carbons (Fsp3) is 0.667. The largest absolute Gasteiger partial charge is 0.199 e. The fourth-order valence-electron chi connectivity index (χ4n) is 0. The summed E-state index contributed by atoms with van der Waals surface area (Å²) >= 11 is 3.53. The average Bonchev–Trinajstić information content (AvgIpc) is 1.46. The Morgan fingerprint density at radius 2 is 1.60 bits per heavy atom. The molecule has 0 rings (SSSR count). The van der Waals surface area contributed by atoms with E-state index in [0.29, 0.717) is 0 Å². The standard InChI is InChI=1S/C2H3N.CH4S/c1-2-3;1-2/h1H3;2H,1H3. The first kappa shape index (κ1) is 8.85. The first-order valence-electron chi connectivity index (χ1n) is 1.17. The molecule has 0 bridgehead atoms. The lowest BCUT2D eigenvalue weighted by Crippen LogP contribution is -1.10. The van der Waals surface area contributed by atoms with E-state index in [-0.39, 0.29) is 0 Å². The topological polar surface area (TPSA) is 23.8 Å². The van der Waals surface area contributed by atoms with Crippen molar-refractivity contribution in [3.8, 4) is 6.07 Å². The molecule has 0 atom stereocenters. The van der Waals surface area contributed by atoms with Crippen molar-refractivity contribution in [2.45, 2.75) is 6.92 Å². The van der Waals surface area contributed by atoms with Crippen LogP contribution in [0.2, 0.25) is 0 Å². The quantitative estimate of drug-likeness (QED) is 0.441. The Balaban J connectivity index is 0. The minimum absolute atomic E-state index is 1.43. The smallest absolute Gasteiger partial charge is 0.0587 e. The molecule has 1 nitrogen and oxygen atoms in total. The summed E-state index contributed by atoms with van der Waals surface area (Å²) in [5, 5.41) is 7.32. The summed E-state index contributed by atoms with van der Waals surface area (Å²) in [7, 11) is 0. The zero-order valence-electron chi connectivity index (χ0n) is 3.39.